The van der Waals surface area contributed by atoms with Gasteiger partial charge in [-0.3, -0.25) is 0 Å². The van der Waals surface area contributed by atoms with E-state index in [1.165, 1.54) is 4.90 Å². The highest BCUT2D eigenvalue weighted by atomic mass is 32.2. The van der Waals surface area contributed by atoms with Gasteiger partial charge in [0.05, 0.1) is 5.75 Å². The van der Waals surface area contributed by atoms with Crippen LogP contribution < -0.4 is 5.32 Å². The monoisotopic (exact) mass is 291 g/mol. The SMILES string of the molecule is CCCNC(C)Cc1nc(CSc2ccccc2)no1. The molecular formula is C15H21N3OS. The number of hydrogen-bond donors (Lipinski definition) is 1. The zero-order chi connectivity index (χ0) is 14.2. The van der Waals surface area contributed by atoms with Crippen LogP contribution in [0.1, 0.15) is 32.0 Å². The van der Waals surface area contributed by atoms with E-state index in [1.807, 2.05) is 18.2 Å². The van der Waals surface area contributed by atoms with Crippen LogP contribution in [0.25, 0.3) is 0 Å². The Bertz CT molecular complexity index is 501. The average Bonchev–Trinajstić information content (AvgIpc) is 2.91. The van der Waals surface area contributed by atoms with Gasteiger partial charge in [0.25, 0.3) is 0 Å². The van der Waals surface area contributed by atoms with Crippen LogP contribution in [0.5, 0.6) is 0 Å². The lowest BCUT2D eigenvalue weighted by Gasteiger charge is -2.09. The Hall–Kier alpha value is -1.33. The minimum atomic E-state index is 0.366. The Morgan fingerprint density at radius 2 is 2.10 bits per heavy atom. The molecule has 0 radical (unpaired) electrons. The van der Waals surface area contributed by atoms with Crippen molar-refractivity contribution in [2.45, 2.75) is 43.4 Å². The van der Waals surface area contributed by atoms with Crippen molar-refractivity contribution in [2.75, 3.05) is 6.54 Å². The van der Waals surface area contributed by atoms with E-state index in [1.54, 1.807) is 11.8 Å². The first kappa shape index (κ1) is 15.1. The van der Waals surface area contributed by atoms with E-state index in [4.69, 9.17) is 4.52 Å². The number of aromatic nitrogens is 2. The second-order valence-electron chi connectivity index (χ2n) is 4.77. The van der Waals surface area contributed by atoms with Crippen molar-refractivity contribution in [3.63, 3.8) is 0 Å². The molecule has 1 aromatic heterocycles. The fraction of sp³-hybridized carbons (Fsp3) is 0.467. The predicted molar refractivity (Wildman–Crippen MR) is 81.8 cm³/mol. The fourth-order valence-corrected chi connectivity index (χ4v) is 2.58. The zero-order valence-electron chi connectivity index (χ0n) is 12.0. The van der Waals surface area contributed by atoms with Crippen molar-refractivity contribution in [1.29, 1.82) is 0 Å². The van der Waals surface area contributed by atoms with E-state index in [0.29, 0.717) is 11.9 Å². The van der Waals surface area contributed by atoms with Crippen LogP contribution in [0.4, 0.5) is 0 Å². The Balaban J connectivity index is 1.80. The maximum Gasteiger partial charge on any atom is 0.228 e. The van der Waals surface area contributed by atoms with E-state index < -0.39 is 0 Å². The van der Waals surface area contributed by atoms with E-state index in [2.05, 4.69) is 41.4 Å². The Labute approximate surface area is 124 Å². The van der Waals surface area contributed by atoms with Crippen molar-refractivity contribution in [1.82, 2.24) is 15.5 Å². The molecule has 0 aliphatic heterocycles. The topological polar surface area (TPSA) is 51.0 Å². The van der Waals surface area contributed by atoms with Crippen LogP contribution in [0.15, 0.2) is 39.8 Å². The molecule has 5 heteroatoms. The quantitative estimate of drug-likeness (QED) is 0.756. The van der Waals surface area contributed by atoms with Crippen LogP contribution in [0, 0.1) is 0 Å². The normalized spacial score (nSPS) is 12.5. The third-order valence-electron chi connectivity index (χ3n) is 2.84. The molecule has 108 valence electrons. The number of nitrogens with one attached hydrogen (secondary N) is 1. The summed E-state index contributed by atoms with van der Waals surface area (Å²) in [5, 5.41) is 7.44. The molecule has 2 aromatic rings. The summed E-state index contributed by atoms with van der Waals surface area (Å²) in [7, 11) is 0. The van der Waals surface area contributed by atoms with Gasteiger partial charge in [-0.15, -0.1) is 11.8 Å². The maximum absolute atomic E-state index is 5.29. The number of nitrogens with zero attached hydrogens (tertiary/aromatic N) is 2. The molecule has 4 nitrogen and oxygen atoms in total. The molecule has 0 aliphatic rings. The average molecular weight is 291 g/mol. The minimum Gasteiger partial charge on any atom is -0.339 e. The second-order valence-corrected chi connectivity index (χ2v) is 5.81. The van der Waals surface area contributed by atoms with Gasteiger partial charge in [0.15, 0.2) is 5.82 Å². The molecule has 1 aromatic carbocycles. The van der Waals surface area contributed by atoms with Crippen LogP contribution in [0.3, 0.4) is 0 Å². The molecule has 0 fully saturated rings. The molecule has 0 spiro atoms. The van der Waals surface area contributed by atoms with E-state index in [0.717, 1.165) is 31.0 Å². The van der Waals surface area contributed by atoms with E-state index in [9.17, 15) is 0 Å². The lowest BCUT2D eigenvalue weighted by Crippen LogP contribution is -2.28. The summed E-state index contributed by atoms with van der Waals surface area (Å²) < 4.78 is 5.29. The van der Waals surface area contributed by atoms with E-state index in [-0.39, 0.29) is 0 Å². The minimum absolute atomic E-state index is 0.366. The number of thioether (sulfide) groups is 1. The van der Waals surface area contributed by atoms with Gasteiger partial charge < -0.3 is 9.84 Å². The number of hydrogen-bond acceptors (Lipinski definition) is 5. The number of rotatable bonds is 8. The van der Waals surface area contributed by atoms with Gasteiger partial charge in [-0.2, -0.15) is 4.98 Å². The first-order chi connectivity index (χ1) is 9.78. The Morgan fingerprint density at radius 3 is 2.85 bits per heavy atom. The number of benzene rings is 1. The van der Waals surface area contributed by atoms with Gasteiger partial charge in [0.1, 0.15) is 0 Å². The summed E-state index contributed by atoms with van der Waals surface area (Å²) in [6, 6.07) is 10.6. The summed E-state index contributed by atoms with van der Waals surface area (Å²) in [4.78, 5) is 5.65. The summed E-state index contributed by atoms with van der Waals surface area (Å²) in [5.74, 6) is 2.21. The standard InChI is InChI=1S/C15H21N3OS/c1-3-9-16-12(2)10-15-17-14(18-19-15)11-20-13-7-5-4-6-8-13/h4-8,12,16H,3,9-11H2,1-2H3. The summed E-state index contributed by atoms with van der Waals surface area (Å²) in [6.45, 7) is 5.32. The van der Waals surface area contributed by atoms with Crippen LogP contribution in [0.2, 0.25) is 0 Å². The summed E-state index contributed by atoms with van der Waals surface area (Å²) in [6.07, 6.45) is 1.91. The molecule has 0 aliphatic carbocycles. The summed E-state index contributed by atoms with van der Waals surface area (Å²) in [5.41, 5.74) is 0. The van der Waals surface area contributed by atoms with Gasteiger partial charge in [0.2, 0.25) is 5.89 Å². The predicted octanol–water partition coefficient (Wildman–Crippen LogP) is 3.29. The van der Waals surface area contributed by atoms with E-state index >= 15 is 0 Å². The molecule has 1 N–H and O–H groups in total. The Kier molecular flexibility index (Phi) is 6.08. The first-order valence-corrected chi connectivity index (χ1v) is 7.99. The molecule has 1 atom stereocenters. The van der Waals surface area contributed by atoms with Gasteiger partial charge in [-0.1, -0.05) is 30.3 Å². The van der Waals surface area contributed by atoms with Gasteiger partial charge in [-0.25, -0.2) is 0 Å². The fourth-order valence-electron chi connectivity index (χ4n) is 1.82. The van der Waals surface area contributed by atoms with Crippen molar-refractivity contribution in [3.05, 3.63) is 42.0 Å². The molecule has 0 saturated heterocycles. The highest BCUT2D eigenvalue weighted by Gasteiger charge is 2.10. The van der Waals surface area contributed by atoms with Gasteiger partial charge >= 0.3 is 0 Å². The smallest absolute Gasteiger partial charge is 0.228 e. The lowest BCUT2D eigenvalue weighted by molar-refractivity contribution is 0.358. The molecule has 2 rings (SSSR count). The lowest BCUT2D eigenvalue weighted by atomic mass is 10.2. The van der Waals surface area contributed by atoms with Gasteiger partial charge in [0, 0.05) is 17.4 Å². The second kappa shape index (κ2) is 8.07. The van der Waals surface area contributed by atoms with Crippen LogP contribution in [-0.4, -0.2) is 22.7 Å². The largest absolute Gasteiger partial charge is 0.339 e. The zero-order valence-corrected chi connectivity index (χ0v) is 12.8. The van der Waals surface area contributed by atoms with Crippen molar-refractivity contribution >= 4 is 11.8 Å². The molecule has 0 bridgehead atoms. The van der Waals surface area contributed by atoms with Crippen LogP contribution in [-0.2, 0) is 12.2 Å². The maximum atomic E-state index is 5.29. The van der Waals surface area contributed by atoms with Crippen LogP contribution >= 0.6 is 11.8 Å². The first-order valence-electron chi connectivity index (χ1n) is 7.00. The third-order valence-corrected chi connectivity index (χ3v) is 3.85. The molecule has 0 amide bonds. The van der Waals surface area contributed by atoms with Crippen molar-refractivity contribution in [2.24, 2.45) is 0 Å². The molecule has 1 heterocycles. The molecular weight excluding hydrogens is 270 g/mol. The van der Waals surface area contributed by atoms with Crippen molar-refractivity contribution < 1.29 is 4.52 Å². The highest BCUT2D eigenvalue weighted by molar-refractivity contribution is 7.98. The third kappa shape index (κ3) is 4.98. The van der Waals surface area contributed by atoms with Gasteiger partial charge in [-0.05, 0) is 32.0 Å². The summed E-state index contributed by atoms with van der Waals surface area (Å²) >= 11 is 1.72. The Morgan fingerprint density at radius 1 is 1.30 bits per heavy atom. The molecule has 20 heavy (non-hydrogen) atoms. The molecule has 1 unspecified atom stereocenters. The molecule has 0 saturated carbocycles. The van der Waals surface area contributed by atoms with Crippen molar-refractivity contribution in [3.8, 4) is 0 Å². The highest BCUT2D eigenvalue weighted by Crippen LogP contribution is 2.20.